The molecule has 2 rings (SSSR count). The first kappa shape index (κ1) is 17.4. The van der Waals surface area contributed by atoms with Crippen molar-refractivity contribution in [2.45, 2.75) is 50.3 Å². The molecule has 0 aromatic carbocycles. The molecule has 0 atom stereocenters. The second-order valence-corrected chi connectivity index (χ2v) is 10.0. The number of carbonyl (C=O) groups is 1. The summed E-state index contributed by atoms with van der Waals surface area (Å²) in [6, 6.07) is 3.46. The van der Waals surface area contributed by atoms with Crippen LogP contribution in [0, 0.1) is 5.41 Å². The van der Waals surface area contributed by atoms with Gasteiger partial charge in [-0.15, -0.1) is 11.3 Å². The monoisotopic (exact) mass is 344 g/mol. The summed E-state index contributed by atoms with van der Waals surface area (Å²) in [5, 5.41) is 4.79. The Bertz CT molecular complexity index is 595. The third-order valence-electron chi connectivity index (χ3n) is 3.60. The molecular formula is C15H24N2O3S2. The maximum atomic E-state index is 12.4. The van der Waals surface area contributed by atoms with Gasteiger partial charge in [-0.05, 0) is 29.7 Å². The highest BCUT2D eigenvalue weighted by Crippen LogP contribution is 2.24. The lowest BCUT2D eigenvalue weighted by Gasteiger charge is -2.31. The molecule has 0 saturated carbocycles. The van der Waals surface area contributed by atoms with Gasteiger partial charge in [-0.3, -0.25) is 4.79 Å². The number of hydrogen-bond acceptors (Lipinski definition) is 4. The van der Waals surface area contributed by atoms with E-state index in [1.165, 1.54) is 15.6 Å². The van der Waals surface area contributed by atoms with Crippen LogP contribution in [0.15, 0.2) is 21.7 Å². The van der Waals surface area contributed by atoms with Crippen LogP contribution in [-0.4, -0.2) is 37.8 Å². The van der Waals surface area contributed by atoms with Crippen molar-refractivity contribution < 1.29 is 13.2 Å². The molecule has 1 aliphatic heterocycles. The smallest absolute Gasteiger partial charge is 0.252 e. The van der Waals surface area contributed by atoms with Crippen LogP contribution in [0.1, 0.15) is 40.0 Å². The highest BCUT2D eigenvalue weighted by molar-refractivity contribution is 7.91. The van der Waals surface area contributed by atoms with Gasteiger partial charge in [0.2, 0.25) is 5.91 Å². The fraction of sp³-hybridized carbons (Fsp3) is 0.667. The molecule has 0 spiro atoms. The number of carbonyl (C=O) groups excluding carboxylic acids is 1. The number of hydrogen-bond donors (Lipinski definition) is 1. The van der Waals surface area contributed by atoms with Gasteiger partial charge in [-0.2, -0.15) is 4.31 Å². The minimum absolute atomic E-state index is 0.0344. The first-order valence-corrected chi connectivity index (χ1v) is 9.83. The van der Waals surface area contributed by atoms with Gasteiger partial charge in [0.1, 0.15) is 4.21 Å². The van der Waals surface area contributed by atoms with E-state index in [-0.39, 0.29) is 17.4 Å². The molecule has 1 aromatic rings. The van der Waals surface area contributed by atoms with Gasteiger partial charge in [0.05, 0.1) is 0 Å². The third kappa shape index (κ3) is 4.54. The molecule has 1 amide bonds. The Labute approximate surface area is 136 Å². The molecule has 1 aliphatic rings. The average Bonchev–Trinajstić information content (AvgIpc) is 2.91. The summed E-state index contributed by atoms with van der Waals surface area (Å²) in [6.45, 7) is 7.01. The number of piperidine rings is 1. The van der Waals surface area contributed by atoms with Gasteiger partial charge >= 0.3 is 0 Å². The normalized spacial score (nSPS) is 18.3. The summed E-state index contributed by atoms with van der Waals surface area (Å²) in [5.74, 6) is 0.0482. The molecule has 0 bridgehead atoms. The van der Waals surface area contributed by atoms with E-state index in [0.29, 0.717) is 36.6 Å². The van der Waals surface area contributed by atoms with Crippen molar-refractivity contribution in [1.29, 1.82) is 0 Å². The van der Waals surface area contributed by atoms with Crippen molar-refractivity contribution in [3.63, 3.8) is 0 Å². The van der Waals surface area contributed by atoms with E-state index in [2.05, 4.69) is 5.32 Å². The Kier molecular flexibility index (Phi) is 5.29. The van der Waals surface area contributed by atoms with Crippen LogP contribution in [0.4, 0.5) is 0 Å². The lowest BCUT2D eigenvalue weighted by molar-refractivity contribution is -0.123. The molecule has 1 aromatic heterocycles. The van der Waals surface area contributed by atoms with E-state index in [4.69, 9.17) is 0 Å². The second kappa shape index (κ2) is 6.68. The Morgan fingerprint density at radius 2 is 2.00 bits per heavy atom. The van der Waals surface area contributed by atoms with E-state index < -0.39 is 10.0 Å². The van der Waals surface area contributed by atoms with Crippen molar-refractivity contribution >= 4 is 27.3 Å². The van der Waals surface area contributed by atoms with Crippen molar-refractivity contribution in [2.24, 2.45) is 5.41 Å². The molecule has 2 heterocycles. The Balaban J connectivity index is 1.87. The van der Waals surface area contributed by atoms with Crippen LogP contribution < -0.4 is 5.32 Å². The van der Waals surface area contributed by atoms with Crippen molar-refractivity contribution in [3.8, 4) is 0 Å². The lowest BCUT2D eigenvalue weighted by Crippen LogP contribution is -2.46. The summed E-state index contributed by atoms with van der Waals surface area (Å²) in [6.07, 6.45) is 1.82. The van der Waals surface area contributed by atoms with E-state index in [1.807, 2.05) is 20.8 Å². The maximum absolute atomic E-state index is 12.4. The minimum atomic E-state index is -3.36. The topological polar surface area (TPSA) is 66.5 Å². The standard InChI is InChI=1S/C15H24N2O3S2/c1-15(2,3)11-13(18)16-12-6-8-17(9-7-12)22(19,20)14-5-4-10-21-14/h4-5,10,12H,6-9,11H2,1-3H3,(H,16,18). The van der Waals surface area contributed by atoms with Gasteiger partial charge in [-0.25, -0.2) is 8.42 Å². The molecule has 0 unspecified atom stereocenters. The zero-order valence-electron chi connectivity index (χ0n) is 13.3. The molecule has 1 saturated heterocycles. The van der Waals surface area contributed by atoms with Crippen molar-refractivity contribution in [1.82, 2.24) is 9.62 Å². The first-order valence-electron chi connectivity index (χ1n) is 7.51. The van der Waals surface area contributed by atoms with Gasteiger partial charge in [-0.1, -0.05) is 26.8 Å². The molecule has 5 nitrogen and oxygen atoms in total. The summed E-state index contributed by atoms with van der Waals surface area (Å²) in [7, 11) is -3.36. The van der Waals surface area contributed by atoms with Crippen LogP contribution in [-0.2, 0) is 14.8 Å². The maximum Gasteiger partial charge on any atom is 0.252 e. The molecule has 0 aliphatic carbocycles. The molecule has 124 valence electrons. The van der Waals surface area contributed by atoms with E-state index in [0.717, 1.165) is 0 Å². The number of thiophene rings is 1. The van der Waals surface area contributed by atoms with Crippen LogP contribution in [0.2, 0.25) is 0 Å². The molecule has 1 N–H and O–H groups in total. The number of rotatable bonds is 4. The fourth-order valence-electron chi connectivity index (χ4n) is 2.54. The number of sulfonamides is 1. The summed E-state index contributed by atoms with van der Waals surface area (Å²) in [4.78, 5) is 12.0. The predicted octanol–water partition coefficient (Wildman–Crippen LogP) is 2.45. The van der Waals surface area contributed by atoms with Crippen molar-refractivity contribution in [3.05, 3.63) is 17.5 Å². The molecule has 7 heteroatoms. The van der Waals surface area contributed by atoms with Crippen molar-refractivity contribution in [2.75, 3.05) is 13.1 Å². The SMILES string of the molecule is CC(C)(C)CC(=O)NC1CCN(S(=O)(=O)c2cccs2)CC1. The minimum Gasteiger partial charge on any atom is -0.353 e. The predicted molar refractivity (Wildman–Crippen MR) is 88.3 cm³/mol. The van der Waals surface area contributed by atoms with Crippen LogP contribution in [0.25, 0.3) is 0 Å². The molecule has 0 radical (unpaired) electrons. The highest BCUT2D eigenvalue weighted by Gasteiger charge is 2.30. The first-order chi connectivity index (χ1) is 10.2. The zero-order valence-corrected chi connectivity index (χ0v) is 15.0. The van der Waals surface area contributed by atoms with Gasteiger partial charge in [0, 0.05) is 25.6 Å². The largest absolute Gasteiger partial charge is 0.353 e. The molecule has 22 heavy (non-hydrogen) atoms. The van der Waals surface area contributed by atoms with Crippen LogP contribution in [0.5, 0.6) is 0 Å². The number of nitrogens with one attached hydrogen (secondary N) is 1. The molecular weight excluding hydrogens is 320 g/mol. The highest BCUT2D eigenvalue weighted by atomic mass is 32.2. The van der Waals surface area contributed by atoms with Gasteiger partial charge in [0.25, 0.3) is 10.0 Å². The summed E-state index contributed by atoms with van der Waals surface area (Å²) in [5.41, 5.74) is -0.0344. The van der Waals surface area contributed by atoms with E-state index >= 15 is 0 Å². The quantitative estimate of drug-likeness (QED) is 0.912. The van der Waals surface area contributed by atoms with Crippen LogP contribution >= 0.6 is 11.3 Å². The molecule has 1 fully saturated rings. The summed E-state index contributed by atoms with van der Waals surface area (Å²) >= 11 is 1.24. The zero-order chi connectivity index (χ0) is 16.4. The number of nitrogens with zero attached hydrogens (tertiary/aromatic N) is 1. The van der Waals surface area contributed by atoms with E-state index in [1.54, 1.807) is 17.5 Å². The van der Waals surface area contributed by atoms with E-state index in [9.17, 15) is 13.2 Å². The Hall–Kier alpha value is -0.920. The fourth-order valence-corrected chi connectivity index (χ4v) is 5.15. The second-order valence-electron chi connectivity index (χ2n) is 6.92. The Morgan fingerprint density at radius 3 is 2.50 bits per heavy atom. The third-order valence-corrected chi connectivity index (χ3v) is 6.87. The number of amides is 1. The summed E-state index contributed by atoms with van der Waals surface area (Å²) < 4.78 is 26.7. The van der Waals surface area contributed by atoms with Crippen LogP contribution in [0.3, 0.4) is 0 Å². The Morgan fingerprint density at radius 1 is 1.36 bits per heavy atom. The van der Waals surface area contributed by atoms with Gasteiger partial charge in [0.15, 0.2) is 0 Å². The van der Waals surface area contributed by atoms with Gasteiger partial charge < -0.3 is 5.32 Å². The average molecular weight is 345 g/mol. The lowest BCUT2D eigenvalue weighted by atomic mass is 9.91.